The third-order valence-corrected chi connectivity index (χ3v) is 3.30. The van der Waals surface area contributed by atoms with Crippen LogP contribution in [-0.4, -0.2) is 18.4 Å². The maximum Gasteiger partial charge on any atom is 0.193 e. The molecule has 0 radical (unpaired) electrons. The second-order valence-electron chi connectivity index (χ2n) is 5.55. The monoisotopic (exact) mass is 254 g/mol. The van der Waals surface area contributed by atoms with E-state index in [1.54, 1.807) is 0 Å². The van der Waals surface area contributed by atoms with E-state index < -0.39 is 0 Å². The Morgan fingerprint density at radius 2 is 2.05 bits per heavy atom. The van der Waals surface area contributed by atoms with E-state index in [1.807, 2.05) is 30.5 Å². The fourth-order valence-electron chi connectivity index (χ4n) is 2.34. The van der Waals surface area contributed by atoms with E-state index in [4.69, 9.17) is 4.74 Å². The van der Waals surface area contributed by atoms with E-state index in [2.05, 4.69) is 42.4 Å². The van der Waals surface area contributed by atoms with Crippen LogP contribution < -0.4 is 5.32 Å². The van der Waals surface area contributed by atoms with Crippen molar-refractivity contribution in [2.24, 2.45) is 4.99 Å². The molecule has 3 nitrogen and oxygen atoms in total. The molecule has 3 rings (SSSR count). The van der Waals surface area contributed by atoms with Crippen molar-refractivity contribution in [3.8, 4) is 0 Å². The Labute approximate surface area is 113 Å². The molecule has 2 heterocycles. The average Bonchev–Trinajstić information content (AvgIpc) is 2.80. The van der Waals surface area contributed by atoms with Crippen molar-refractivity contribution >= 4 is 6.21 Å². The van der Waals surface area contributed by atoms with Crippen molar-refractivity contribution in [2.75, 3.05) is 6.61 Å². The zero-order valence-corrected chi connectivity index (χ0v) is 11.3. The largest absolute Gasteiger partial charge is 0.476 e. The van der Waals surface area contributed by atoms with Gasteiger partial charge in [-0.25, -0.2) is 0 Å². The summed E-state index contributed by atoms with van der Waals surface area (Å²) in [5.74, 6) is 0.854. The van der Waals surface area contributed by atoms with E-state index in [0.717, 1.165) is 11.5 Å². The third-order valence-electron chi connectivity index (χ3n) is 3.30. The molecule has 0 saturated carbocycles. The van der Waals surface area contributed by atoms with Crippen LogP contribution in [0.15, 0.2) is 58.9 Å². The second-order valence-corrected chi connectivity index (χ2v) is 5.55. The SMILES string of the molecule is CC1(C)CO/C(=C2\C=CC=NC2c2ccccc2)N1. The number of dihydropyridines is 1. The summed E-state index contributed by atoms with van der Waals surface area (Å²) in [6.45, 7) is 4.95. The molecule has 1 unspecified atom stereocenters. The van der Waals surface area contributed by atoms with Crippen LogP contribution in [0.3, 0.4) is 0 Å². The van der Waals surface area contributed by atoms with Crippen molar-refractivity contribution in [3.05, 3.63) is 59.5 Å². The topological polar surface area (TPSA) is 33.6 Å². The Bertz CT molecular complexity index is 555. The highest BCUT2D eigenvalue weighted by atomic mass is 16.5. The van der Waals surface area contributed by atoms with Crippen molar-refractivity contribution < 1.29 is 4.74 Å². The van der Waals surface area contributed by atoms with Gasteiger partial charge < -0.3 is 10.1 Å². The number of allylic oxidation sites excluding steroid dienone is 1. The van der Waals surface area contributed by atoms with E-state index in [-0.39, 0.29) is 11.6 Å². The normalized spacial score (nSPS) is 28.0. The van der Waals surface area contributed by atoms with Gasteiger partial charge in [0.2, 0.25) is 0 Å². The Morgan fingerprint density at radius 1 is 1.26 bits per heavy atom. The minimum atomic E-state index is -0.0153. The number of hydrogen-bond acceptors (Lipinski definition) is 3. The summed E-state index contributed by atoms with van der Waals surface area (Å²) >= 11 is 0. The minimum absolute atomic E-state index is 0.0153. The highest BCUT2D eigenvalue weighted by Crippen LogP contribution is 2.33. The molecular formula is C16H18N2O. The first kappa shape index (κ1) is 12.0. The van der Waals surface area contributed by atoms with Gasteiger partial charge in [-0.1, -0.05) is 30.3 Å². The van der Waals surface area contributed by atoms with Gasteiger partial charge >= 0.3 is 0 Å². The quantitative estimate of drug-likeness (QED) is 0.836. The first-order valence-corrected chi connectivity index (χ1v) is 6.56. The molecule has 0 aliphatic carbocycles. The lowest BCUT2D eigenvalue weighted by molar-refractivity contribution is 0.233. The molecule has 19 heavy (non-hydrogen) atoms. The van der Waals surface area contributed by atoms with Gasteiger partial charge in [0.25, 0.3) is 0 Å². The summed E-state index contributed by atoms with van der Waals surface area (Å²) in [6.07, 6.45) is 5.88. The summed E-state index contributed by atoms with van der Waals surface area (Å²) in [6, 6.07) is 10.3. The van der Waals surface area contributed by atoms with Crippen LogP contribution in [0.2, 0.25) is 0 Å². The molecule has 1 aromatic carbocycles. The maximum atomic E-state index is 5.80. The Balaban J connectivity index is 1.98. The van der Waals surface area contributed by atoms with Gasteiger partial charge in [0.05, 0.1) is 5.54 Å². The van der Waals surface area contributed by atoms with Crippen LogP contribution in [-0.2, 0) is 4.74 Å². The molecule has 0 amide bonds. The van der Waals surface area contributed by atoms with Crippen LogP contribution in [0.25, 0.3) is 0 Å². The Kier molecular flexibility index (Phi) is 2.90. The first-order valence-electron chi connectivity index (χ1n) is 6.56. The molecular weight excluding hydrogens is 236 g/mol. The second kappa shape index (κ2) is 4.57. The number of ether oxygens (including phenoxy) is 1. The van der Waals surface area contributed by atoms with E-state index in [1.165, 1.54) is 5.56 Å². The van der Waals surface area contributed by atoms with Crippen LogP contribution >= 0.6 is 0 Å². The summed E-state index contributed by atoms with van der Waals surface area (Å²) in [4.78, 5) is 4.58. The van der Waals surface area contributed by atoms with E-state index >= 15 is 0 Å². The molecule has 1 atom stereocenters. The predicted octanol–water partition coefficient (Wildman–Crippen LogP) is 2.98. The number of nitrogens with one attached hydrogen (secondary N) is 1. The van der Waals surface area contributed by atoms with Gasteiger partial charge in [-0.2, -0.15) is 0 Å². The van der Waals surface area contributed by atoms with Gasteiger partial charge in [-0.3, -0.25) is 4.99 Å². The van der Waals surface area contributed by atoms with Crippen LogP contribution in [0.1, 0.15) is 25.5 Å². The van der Waals surface area contributed by atoms with Gasteiger partial charge in [0, 0.05) is 11.8 Å². The molecule has 1 saturated heterocycles. The lowest BCUT2D eigenvalue weighted by atomic mass is 9.97. The third kappa shape index (κ3) is 2.41. The van der Waals surface area contributed by atoms with E-state index in [0.29, 0.717) is 6.61 Å². The maximum absolute atomic E-state index is 5.80. The van der Waals surface area contributed by atoms with Crippen molar-refractivity contribution in [1.29, 1.82) is 0 Å². The fraction of sp³-hybridized carbons (Fsp3) is 0.312. The molecule has 0 spiro atoms. The molecule has 1 fully saturated rings. The standard InChI is InChI=1S/C16H18N2O/c1-16(2)11-19-15(18-16)13-9-6-10-17-14(13)12-7-4-3-5-8-12/h3-10,14,18H,11H2,1-2H3/b15-13+. The van der Waals surface area contributed by atoms with Crippen LogP contribution in [0.4, 0.5) is 0 Å². The Hall–Kier alpha value is -2.03. The average molecular weight is 254 g/mol. The predicted molar refractivity (Wildman–Crippen MR) is 77.0 cm³/mol. The van der Waals surface area contributed by atoms with Gasteiger partial charge in [0.1, 0.15) is 12.6 Å². The van der Waals surface area contributed by atoms with E-state index in [9.17, 15) is 0 Å². The molecule has 2 aliphatic heterocycles. The van der Waals surface area contributed by atoms with Crippen LogP contribution in [0, 0.1) is 0 Å². The van der Waals surface area contributed by atoms with Crippen molar-refractivity contribution in [3.63, 3.8) is 0 Å². The smallest absolute Gasteiger partial charge is 0.193 e. The van der Waals surface area contributed by atoms with Crippen LogP contribution in [0.5, 0.6) is 0 Å². The van der Waals surface area contributed by atoms with Crippen molar-refractivity contribution in [1.82, 2.24) is 5.32 Å². The summed E-state index contributed by atoms with van der Waals surface area (Å²) in [7, 11) is 0. The van der Waals surface area contributed by atoms with Gasteiger partial charge in [0.15, 0.2) is 5.88 Å². The number of benzene rings is 1. The highest BCUT2D eigenvalue weighted by molar-refractivity contribution is 5.75. The fourth-order valence-corrected chi connectivity index (χ4v) is 2.34. The molecule has 0 bridgehead atoms. The minimum Gasteiger partial charge on any atom is -0.476 e. The molecule has 3 heteroatoms. The zero-order valence-electron chi connectivity index (χ0n) is 11.3. The number of hydrogen-bond donors (Lipinski definition) is 1. The summed E-state index contributed by atoms with van der Waals surface area (Å²) in [5, 5.41) is 3.43. The molecule has 1 aromatic rings. The molecule has 1 N–H and O–H groups in total. The van der Waals surface area contributed by atoms with Crippen molar-refractivity contribution in [2.45, 2.75) is 25.4 Å². The lowest BCUT2D eigenvalue weighted by Crippen LogP contribution is -2.34. The molecule has 2 aliphatic rings. The summed E-state index contributed by atoms with van der Waals surface area (Å²) in [5.41, 5.74) is 2.26. The van der Waals surface area contributed by atoms with Gasteiger partial charge in [-0.15, -0.1) is 0 Å². The number of aliphatic imine (C=N–C) groups is 1. The lowest BCUT2D eigenvalue weighted by Gasteiger charge is -2.20. The molecule has 98 valence electrons. The first-order chi connectivity index (χ1) is 9.16. The zero-order chi connectivity index (χ0) is 13.3. The highest BCUT2D eigenvalue weighted by Gasteiger charge is 2.31. The van der Waals surface area contributed by atoms with Gasteiger partial charge in [-0.05, 0) is 31.6 Å². The Morgan fingerprint density at radius 3 is 2.74 bits per heavy atom. The number of nitrogens with zero attached hydrogens (tertiary/aromatic N) is 1. The summed E-state index contributed by atoms with van der Waals surface area (Å²) < 4.78 is 5.80. The number of rotatable bonds is 1. The molecule has 0 aromatic heterocycles.